The molecule has 2 aromatic carbocycles. The highest BCUT2D eigenvalue weighted by molar-refractivity contribution is 6.05. The number of phenols is 1. The lowest BCUT2D eigenvalue weighted by molar-refractivity contribution is 0.0998. The molecule has 2 N–H and O–H groups in total. The number of phenolic OH excluding ortho intramolecular Hbond substituents is 1. The molecule has 136 valence electrons. The van der Waals surface area contributed by atoms with E-state index in [4.69, 9.17) is 8.83 Å². The molecule has 0 atom stereocenters. The first-order valence-electron chi connectivity index (χ1n) is 8.51. The smallest absolute Gasteiger partial charge is 0.291 e. The van der Waals surface area contributed by atoms with Gasteiger partial charge in [-0.3, -0.25) is 9.78 Å². The van der Waals surface area contributed by atoms with Gasteiger partial charge in [-0.25, -0.2) is 4.98 Å². The Kier molecular flexibility index (Phi) is 3.58. The van der Waals surface area contributed by atoms with Crippen LogP contribution in [0.15, 0.2) is 75.8 Å². The van der Waals surface area contributed by atoms with E-state index in [1.165, 1.54) is 6.07 Å². The van der Waals surface area contributed by atoms with Crippen LogP contribution in [0.1, 0.15) is 10.6 Å². The molecule has 5 aromatic rings. The van der Waals surface area contributed by atoms with Gasteiger partial charge in [0.2, 0.25) is 5.89 Å². The molecule has 0 radical (unpaired) electrons. The fourth-order valence-electron chi connectivity index (χ4n) is 2.97. The van der Waals surface area contributed by atoms with Gasteiger partial charge in [-0.15, -0.1) is 0 Å². The number of para-hydroxylation sites is 1. The third kappa shape index (κ3) is 2.75. The molecule has 5 rings (SSSR count). The number of anilines is 1. The molecule has 0 saturated heterocycles. The first-order chi connectivity index (χ1) is 13.7. The molecule has 0 aliphatic carbocycles. The van der Waals surface area contributed by atoms with Crippen LogP contribution >= 0.6 is 0 Å². The summed E-state index contributed by atoms with van der Waals surface area (Å²) >= 11 is 0. The monoisotopic (exact) mass is 371 g/mol. The number of aromatic hydroxyl groups is 1. The lowest BCUT2D eigenvalue weighted by Crippen LogP contribution is -2.10. The zero-order chi connectivity index (χ0) is 19.1. The highest BCUT2D eigenvalue weighted by Crippen LogP contribution is 2.33. The number of carbonyl (C=O) groups is 1. The van der Waals surface area contributed by atoms with Crippen molar-refractivity contribution in [2.24, 2.45) is 0 Å². The largest absolute Gasteiger partial charge is 0.507 e. The molecule has 1 amide bonds. The number of nitrogens with zero attached hydrogens (tertiary/aromatic N) is 2. The van der Waals surface area contributed by atoms with E-state index in [9.17, 15) is 9.90 Å². The Morgan fingerprint density at radius 2 is 1.89 bits per heavy atom. The fraction of sp³-hybridized carbons (Fsp3) is 0. The van der Waals surface area contributed by atoms with Crippen LogP contribution in [0.4, 0.5) is 5.69 Å². The number of oxazole rings is 1. The summed E-state index contributed by atoms with van der Waals surface area (Å²) in [6, 6.07) is 15.4. The minimum absolute atomic E-state index is 0.0127. The Bertz CT molecular complexity index is 1270. The number of fused-ring (bicyclic) bond motifs is 2. The molecule has 0 aliphatic rings. The molecule has 7 heteroatoms. The van der Waals surface area contributed by atoms with E-state index < -0.39 is 5.91 Å². The Hall–Kier alpha value is -4.13. The summed E-state index contributed by atoms with van der Waals surface area (Å²) in [5, 5.41) is 13.8. The zero-order valence-electron chi connectivity index (χ0n) is 14.4. The van der Waals surface area contributed by atoms with Gasteiger partial charge in [0.25, 0.3) is 5.91 Å². The maximum atomic E-state index is 12.5. The highest BCUT2D eigenvalue weighted by Gasteiger charge is 2.16. The van der Waals surface area contributed by atoms with Gasteiger partial charge in [0.1, 0.15) is 16.8 Å². The Morgan fingerprint density at radius 3 is 2.75 bits per heavy atom. The molecule has 3 heterocycles. The predicted molar refractivity (Wildman–Crippen MR) is 103 cm³/mol. The SMILES string of the molecule is O=C(Nc1ccc(O)c(-c2nc3cnccc3o2)c1)c1cc2ccccc2o1. The van der Waals surface area contributed by atoms with Crippen molar-refractivity contribution in [3.05, 3.63) is 72.8 Å². The van der Waals surface area contributed by atoms with Crippen LogP contribution in [0.3, 0.4) is 0 Å². The van der Waals surface area contributed by atoms with Crippen molar-refractivity contribution < 1.29 is 18.7 Å². The van der Waals surface area contributed by atoms with Gasteiger partial charge in [-0.05, 0) is 30.3 Å². The third-order valence-electron chi connectivity index (χ3n) is 4.32. The van der Waals surface area contributed by atoms with Gasteiger partial charge in [0, 0.05) is 23.3 Å². The standard InChI is InChI=1S/C21H13N3O4/c25-16-6-5-13(10-14(16)21-24-15-11-22-8-7-18(15)28-21)23-20(26)19-9-12-3-1-2-4-17(12)27-19/h1-11,25H,(H,23,26). The average molecular weight is 371 g/mol. The topological polar surface area (TPSA) is 101 Å². The summed E-state index contributed by atoms with van der Waals surface area (Å²) in [7, 11) is 0. The van der Waals surface area contributed by atoms with Gasteiger partial charge in [0.15, 0.2) is 11.3 Å². The summed E-state index contributed by atoms with van der Waals surface area (Å²) in [6.07, 6.45) is 3.17. The van der Waals surface area contributed by atoms with E-state index in [-0.39, 0.29) is 17.4 Å². The van der Waals surface area contributed by atoms with Gasteiger partial charge < -0.3 is 19.3 Å². The van der Waals surface area contributed by atoms with Crippen LogP contribution < -0.4 is 5.32 Å². The van der Waals surface area contributed by atoms with Gasteiger partial charge in [-0.2, -0.15) is 0 Å². The Labute approximate surface area is 158 Å². The molecule has 0 unspecified atom stereocenters. The Balaban J connectivity index is 1.47. The summed E-state index contributed by atoms with van der Waals surface area (Å²) < 4.78 is 11.3. The lowest BCUT2D eigenvalue weighted by Gasteiger charge is -2.06. The maximum Gasteiger partial charge on any atom is 0.291 e. The van der Waals surface area contributed by atoms with E-state index in [1.54, 1.807) is 42.7 Å². The van der Waals surface area contributed by atoms with E-state index in [0.29, 0.717) is 27.9 Å². The second-order valence-corrected chi connectivity index (χ2v) is 6.20. The number of carbonyl (C=O) groups excluding carboxylic acids is 1. The molecule has 0 aliphatic heterocycles. The van der Waals surface area contributed by atoms with Crippen LogP contribution in [-0.2, 0) is 0 Å². The Morgan fingerprint density at radius 1 is 1.00 bits per heavy atom. The first-order valence-corrected chi connectivity index (χ1v) is 8.51. The van der Waals surface area contributed by atoms with Crippen LogP contribution in [0.5, 0.6) is 5.75 Å². The van der Waals surface area contributed by atoms with Gasteiger partial charge >= 0.3 is 0 Å². The zero-order valence-corrected chi connectivity index (χ0v) is 14.4. The first kappa shape index (κ1) is 16.1. The van der Waals surface area contributed by atoms with Crippen molar-refractivity contribution in [3.8, 4) is 17.2 Å². The van der Waals surface area contributed by atoms with E-state index in [0.717, 1.165) is 5.39 Å². The number of benzene rings is 2. The molecule has 0 bridgehead atoms. The average Bonchev–Trinajstić information content (AvgIpc) is 3.33. The van der Waals surface area contributed by atoms with E-state index >= 15 is 0 Å². The van der Waals surface area contributed by atoms with E-state index in [2.05, 4.69) is 15.3 Å². The second kappa shape index (κ2) is 6.24. The number of hydrogen-bond acceptors (Lipinski definition) is 6. The van der Waals surface area contributed by atoms with Crippen LogP contribution in [0, 0.1) is 0 Å². The van der Waals surface area contributed by atoms with Crippen molar-refractivity contribution in [3.63, 3.8) is 0 Å². The predicted octanol–water partition coefficient (Wildman–Crippen LogP) is 4.59. The molecule has 28 heavy (non-hydrogen) atoms. The molecule has 7 nitrogen and oxygen atoms in total. The molecular formula is C21H13N3O4. The van der Waals surface area contributed by atoms with Gasteiger partial charge in [0.05, 0.1) is 11.8 Å². The lowest BCUT2D eigenvalue weighted by atomic mass is 10.1. The van der Waals surface area contributed by atoms with Crippen molar-refractivity contribution >= 4 is 33.7 Å². The third-order valence-corrected chi connectivity index (χ3v) is 4.32. The summed E-state index contributed by atoms with van der Waals surface area (Å²) in [5.74, 6) is 0.0277. The summed E-state index contributed by atoms with van der Waals surface area (Å²) in [5.41, 5.74) is 2.60. The van der Waals surface area contributed by atoms with Crippen molar-refractivity contribution in [2.75, 3.05) is 5.32 Å². The number of nitrogens with one attached hydrogen (secondary N) is 1. The fourth-order valence-corrected chi connectivity index (χ4v) is 2.97. The van der Waals surface area contributed by atoms with Crippen LogP contribution in [-0.4, -0.2) is 21.0 Å². The number of amides is 1. The number of furan rings is 1. The normalized spacial score (nSPS) is 11.1. The molecule has 0 saturated carbocycles. The summed E-state index contributed by atoms with van der Waals surface area (Å²) in [6.45, 7) is 0. The van der Waals surface area contributed by atoms with E-state index in [1.807, 2.05) is 18.2 Å². The highest BCUT2D eigenvalue weighted by atomic mass is 16.4. The number of aromatic nitrogens is 2. The summed E-state index contributed by atoms with van der Waals surface area (Å²) in [4.78, 5) is 20.9. The van der Waals surface area contributed by atoms with Gasteiger partial charge in [-0.1, -0.05) is 18.2 Å². The number of rotatable bonds is 3. The minimum atomic E-state index is -0.394. The van der Waals surface area contributed by atoms with Crippen molar-refractivity contribution in [2.45, 2.75) is 0 Å². The number of pyridine rings is 1. The molecular weight excluding hydrogens is 358 g/mol. The molecule has 0 fully saturated rings. The molecule has 3 aromatic heterocycles. The minimum Gasteiger partial charge on any atom is -0.507 e. The maximum absolute atomic E-state index is 12.5. The second-order valence-electron chi connectivity index (χ2n) is 6.20. The van der Waals surface area contributed by atoms with Crippen LogP contribution in [0.25, 0.3) is 33.5 Å². The molecule has 0 spiro atoms. The van der Waals surface area contributed by atoms with Crippen LogP contribution in [0.2, 0.25) is 0 Å². The quantitative estimate of drug-likeness (QED) is 0.450. The van der Waals surface area contributed by atoms with Crippen molar-refractivity contribution in [1.82, 2.24) is 9.97 Å². The van der Waals surface area contributed by atoms with Crippen molar-refractivity contribution in [1.29, 1.82) is 0 Å². The number of hydrogen-bond donors (Lipinski definition) is 2.